The van der Waals surface area contributed by atoms with Crippen molar-refractivity contribution in [1.29, 1.82) is 5.26 Å². The summed E-state index contributed by atoms with van der Waals surface area (Å²) in [6, 6.07) is 23.6. The highest BCUT2D eigenvalue weighted by molar-refractivity contribution is 5.18. The van der Waals surface area contributed by atoms with E-state index in [1.807, 2.05) is 6.07 Å². The summed E-state index contributed by atoms with van der Waals surface area (Å²) in [6.07, 6.45) is 1.80. The third-order valence-corrected chi connectivity index (χ3v) is 5.13. The molecule has 0 aliphatic carbocycles. The van der Waals surface area contributed by atoms with Gasteiger partial charge in [0.25, 0.3) is 0 Å². The lowest BCUT2D eigenvalue weighted by Crippen LogP contribution is -2.52. The van der Waals surface area contributed by atoms with Gasteiger partial charge in [-0.05, 0) is 31.0 Å². The largest absolute Gasteiger partial charge is 0.299 e. The first-order valence-electron chi connectivity index (χ1n) is 8.64. The van der Waals surface area contributed by atoms with Crippen molar-refractivity contribution in [2.45, 2.75) is 31.5 Å². The van der Waals surface area contributed by atoms with E-state index in [0.717, 1.165) is 39.0 Å². The molecule has 0 saturated carbocycles. The number of hydrogen-bond acceptors (Lipinski definition) is 3. The molecule has 1 saturated heterocycles. The van der Waals surface area contributed by atoms with Crippen LogP contribution in [-0.2, 0) is 13.1 Å². The Labute approximate surface area is 145 Å². The van der Waals surface area contributed by atoms with Crippen molar-refractivity contribution < 1.29 is 0 Å². The molecule has 0 atom stereocenters. The van der Waals surface area contributed by atoms with Crippen molar-refractivity contribution >= 4 is 0 Å². The third-order valence-electron chi connectivity index (χ3n) is 5.13. The van der Waals surface area contributed by atoms with Crippen LogP contribution in [0.25, 0.3) is 0 Å². The molecular weight excluding hydrogens is 294 g/mol. The van der Waals surface area contributed by atoms with Crippen molar-refractivity contribution in [2.24, 2.45) is 0 Å². The summed E-state index contributed by atoms with van der Waals surface area (Å²) in [4.78, 5) is 4.70. The molecule has 2 aromatic rings. The quantitative estimate of drug-likeness (QED) is 0.842. The minimum absolute atomic E-state index is 0.344. The second kappa shape index (κ2) is 7.61. The minimum atomic E-state index is -0.344. The molecule has 0 unspecified atom stereocenters. The number of rotatable bonds is 5. The number of nitriles is 1. The van der Waals surface area contributed by atoms with Crippen LogP contribution < -0.4 is 0 Å². The molecule has 0 aromatic heterocycles. The Balaban J connectivity index is 1.60. The predicted molar refractivity (Wildman–Crippen MR) is 97.2 cm³/mol. The molecule has 0 amide bonds. The van der Waals surface area contributed by atoms with Gasteiger partial charge in [-0.3, -0.25) is 9.80 Å². The van der Waals surface area contributed by atoms with Crippen molar-refractivity contribution in [3.63, 3.8) is 0 Å². The lowest BCUT2D eigenvalue weighted by molar-refractivity contribution is 0.0718. The van der Waals surface area contributed by atoms with Crippen molar-refractivity contribution in [1.82, 2.24) is 9.80 Å². The summed E-state index contributed by atoms with van der Waals surface area (Å²) in [5, 5.41) is 9.86. The van der Waals surface area contributed by atoms with Crippen LogP contribution in [0.1, 0.15) is 24.0 Å². The monoisotopic (exact) mass is 319 g/mol. The van der Waals surface area contributed by atoms with Gasteiger partial charge in [-0.15, -0.1) is 0 Å². The molecule has 1 aliphatic rings. The second-order valence-corrected chi connectivity index (χ2v) is 6.75. The van der Waals surface area contributed by atoms with E-state index in [0.29, 0.717) is 0 Å². The van der Waals surface area contributed by atoms with Gasteiger partial charge in [0.05, 0.1) is 6.07 Å². The van der Waals surface area contributed by atoms with Crippen LogP contribution in [0.15, 0.2) is 60.7 Å². The maximum Gasteiger partial charge on any atom is 0.111 e. The summed E-state index contributed by atoms with van der Waals surface area (Å²) < 4.78 is 0. The summed E-state index contributed by atoms with van der Waals surface area (Å²) >= 11 is 0. The smallest absolute Gasteiger partial charge is 0.111 e. The Morgan fingerprint density at radius 1 is 0.958 bits per heavy atom. The number of piperidine rings is 1. The molecule has 3 rings (SSSR count). The van der Waals surface area contributed by atoms with Gasteiger partial charge in [0, 0.05) is 26.2 Å². The van der Waals surface area contributed by atoms with Crippen LogP contribution in [-0.4, -0.2) is 35.5 Å². The fourth-order valence-electron chi connectivity index (χ4n) is 3.51. The molecule has 3 heteroatoms. The normalized spacial score (nSPS) is 17.5. The summed E-state index contributed by atoms with van der Waals surface area (Å²) in [5.74, 6) is 0. The highest BCUT2D eigenvalue weighted by atomic mass is 15.2. The fraction of sp³-hybridized carbons (Fsp3) is 0.381. The molecule has 1 heterocycles. The van der Waals surface area contributed by atoms with Crippen molar-refractivity contribution in [2.75, 3.05) is 20.1 Å². The molecule has 24 heavy (non-hydrogen) atoms. The fourth-order valence-corrected chi connectivity index (χ4v) is 3.51. The van der Waals surface area contributed by atoms with E-state index in [4.69, 9.17) is 0 Å². The van der Waals surface area contributed by atoms with Gasteiger partial charge in [0.1, 0.15) is 5.54 Å². The minimum Gasteiger partial charge on any atom is -0.299 e. The Kier molecular flexibility index (Phi) is 5.30. The first kappa shape index (κ1) is 16.7. The number of likely N-dealkylation sites (tertiary alicyclic amines) is 1. The van der Waals surface area contributed by atoms with Crippen LogP contribution in [0.2, 0.25) is 0 Å². The molecule has 0 spiro atoms. The zero-order valence-corrected chi connectivity index (χ0v) is 14.4. The Morgan fingerprint density at radius 2 is 1.50 bits per heavy atom. The number of benzene rings is 2. The molecule has 3 nitrogen and oxygen atoms in total. The average Bonchev–Trinajstić information content (AvgIpc) is 2.64. The van der Waals surface area contributed by atoms with Crippen molar-refractivity contribution in [3.05, 3.63) is 71.8 Å². The van der Waals surface area contributed by atoms with Gasteiger partial charge in [-0.2, -0.15) is 5.26 Å². The van der Waals surface area contributed by atoms with Crippen LogP contribution >= 0.6 is 0 Å². The van der Waals surface area contributed by atoms with Gasteiger partial charge in [-0.1, -0.05) is 60.7 Å². The van der Waals surface area contributed by atoms with Crippen LogP contribution in [0, 0.1) is 11.3 Å². The summed E-state index contributed by atoms with van der Waals surface area (Å²) in [6.45, 7) is 3.75. The van der Waals surface area contributed by atoms with Crippen molar-refractivity contribution in [3.8, 4) is 6.07 Å². The zero-order chi connectivity index (χ0) is 16.8. The van der Waals surface area contributed by atoms with Crippen LogP contribution in [0.5, 0.6) is 0 Å². The second-order valence-electron chi connectivity index (χ2n) is 6.75. The van der Waals surface area contributed by atoms with Crippen LogP contribution in [0.3, 0.4) is 0 Å². The zero-order valence-electron chi connectivity index (χ0n) is 14.4. The maximum atomic E-state index is 9.86. The SMILES string of the molecule is CN(Cc1ccccc1)C1(C#N)CCN(Cc2ccccc2)CC1. The predicted octanol–water partition coefficient (Wildman–Crippen LogP) is 3.68. The van der Waals surface area contributed by atoms with Gasteiger partial charge >= 0.3 is 0 Å². The van der Waals surface area contributed by atoms with E-state index < -0.39 is 0 Å². The summed E-state index contributed by atoms with van der Waals surface area (Å²) in [7, 11) is 2.09. The van der Waals surface area contributed by atoms with E-state index in [9.17, 15) is 5.26 Å². The van der Waals surface area contributed by atoms with E-state index in [1.54, 1.807) is 0 Å². The molecule has 0 radical (unpaired) electrons. The van der Waals surface area contributed by atoms with Gasteiger partial charge < -0.3 is 0 Å². The Bertz CT molecular complexity index is 667. The first-order chi connectivity index (χ1) is 11.7. The molecule has 124 valence electrons. The van der Waals surface area contributed by atoms with E-state index in [-0.39, 0.29) is 5.54 Å². The van der Waals surface area contributed by atoms with Gasteiger partial charge in [0.2, 0.25) is 0 Å². The molecule has 2 aromatic carbocycles. The molecule has 0 bridgehead atoms. The average molecular weight is 319 g/mol. The first-order valence-corrected chi connectivity index (χ1v) is 8.64. The maximum absolute atomic E-state index is 9.86. The summed E-state index contributed by atoms with van der Waals surface area (Å²) in [5.41, 5.74) is 2.27. The van der Waals surface area contributed by atoms with E-state index in [2.05, 4.69) is 77.5 Å². The molecule has 0 N–H and O–H groups in total. The molecule has 1 aliphatic heterocycles. The standard InChI is InChI=1S/C21H25N3/c1-23(16-19-8-4-2-5-9-19)21(18-22)12-14-24(15-13-21)17-20-10-6-3-7-11-20/h2-11H,12-17H2,1H3. The van der Waals surface area contributed by atoms with Crippen LogP contribution in [0.4, 0.5) is 0 Å². The Morgan fingerprint density at radius 3 is 2.04 bits per heavy atom. The van der Waals surface area contributed by atoms with Gasteiger partial charge in [0.15, 0.2) is 0 Å². The number of hydrogen-bond donors (Lipinski definition) is 0. The highest BCUT2D eigenvalue weighted by Crippen LogP contribution is 2.29. The molecular formula is C21H25N3. The highest BCUT2D eigenvalue weighted by Gasteiger charge is 2.38. The lowest BCUT2D eigenvalue weighted by Gasteiger charge is -2.43. The lowest BCUT2D eigenvalue weighted by atomic mass is 9.87. The molecule has 1 fully saturated rings. The number of nitrogens with zero attached hydrogens (tertiary/aromatic N) is 3. The van der Waals surface area contributed by atoms with Gasteiger partial charge in [-0.25, -0.2) is 0 Å². The topological polar surface area (TPSA) is 30.3 Å². The van der Waals surface area contributed by atoms with E-state index >= 15 is 0 Å². The third kappa shape index (κ3) is 3.84. The van der Waals surface area contributed by atoms with E-state index in [1.165, 1.54) is 11.1 Å². The Hall–Kier alpha value is -2.15.